The number of unbranched alkanes of at least 4 members (excludes halogenated alkanes) is 9. The molecule has 0 spiro atoms. The number of aromatic carboxylic acids is 1. The summed E-state index contributed by atoms with van der Waals surface area (Å²) in [5.41, 5.74) is 0.186. The Labute approximate surface area is 134 Å². The zero-order chi connectivity index (χ0) is 16.0. The molecule has 0 saturated carbocycles. The number of carbonyl (C=O) groups excluding carboxylic acids is 1. The minimum Gasteiger partial charge on any atom is -0.545 e. The molecule has 0 atom stereocenters. The molecule has 0 aromatic heterocycles. The molecule has 1 rings (SSSR count). The van der Waals surface area contributed by atoms with Gasteiger partial charge in [0.1, 0.15) is 5.75 Å². The van der Waals surface area contributed by atoms with Gasteiger partial charge >= 0.3 is 0 Å². The van der Waals surface area contributed by atoms with Gasteiger partial charge in [-0.05, 0) is 36.2 Å². The van der Waals surface area contributed by atoms with Crippen LogP contribution in [0.25, 0.3) is 0 Å². The third-order valence-electron chi connectivity index (χ3n) is 3.86. The average molecular weight is 305 g/mol. The maximum atomic E-state index is 10.6. The number of carboxylic acid groups (broad SMARTS) is 1. The molecule has 22 heavy (non-hydrogen) atoms. The van der Waals surface area contributed by atoms with Gasteiger partial charge in [0.05, 0.1) is 12.6 Å². The first-order chi connectivity index (χ1) is 10.7. The summed E-state index contributed by atoms with van der Waals surface area (Å²) < 4.78 is 5.60. The maximum absolute atomic E-state index is 10.6. The van der Waals surface area contributed by atoms with Gasteiger partial charge in [-0.25, -0.2) is 0 Å². The fourth-order valence-electron chi connectivity index (χ4n) is 2.47. The van der Waals surface area contributed by atoms with Crippen molar-refractivity contribution < 1.29 is 14.6 Å². The van der Waals surface area contributed by atoms with Gasteiger partial charge in [-0.1, -0.05) is 64.7 Å². The molecule has 0 amide bonds. The second-order valence-corrected chi connectivity index (χ2v) is 5.84. The number of carboxylic acids is 1. The highest BCUT2D eigenvalue weighted by Crippen LogP contribution is 2.13. The van der Waals surface area contributed by atoms with Crippen molar-refractivity contribution in [3.05, 3.63) is 29.8 Å². The number of hydrogen-bond acceptors (Lipinski definition) is 3. The predicted molar refractivity (Wildman–Crippen MR) is 88.1 cm³/mol. The van der Waals surface area contributed by atoms with Crippen LogP contribution in [-0.2, 0) is 0 Å². The average Bonchev–Trinajstić information content (AvgIpc) is 2.53. The van der Waals surface area contributed by atoms with Crippen LogP contribution in [0.3, 0.4) is 0 Å². The Hall–Kier alpha value is -1.51. The van der Waals surface area contributed by atoms with Crippen molar-refractivity contribution >= 4 is 5.97 Å². The van der Waals surface area contributed by atoms with Crippen molar-refractivity contribution in [1.82, 2.24) is 0 Å². The molecule has 0 unspecified atom stereocenters. The molecular weight excluding hydrogens is 276 g/mol. The van der Waals surface area contributed by atoms with Crippen molar-refractivity contribution in [2.24, 2.45) is 0 Å². The van der Waals surface area contributed by atoms with E-state index in [0.29, 0.717) is 6.61 Å². The monoisotopic (exact) mass is 305 g/mol. The van der Waals surface area contributed by atoms with Gasteiger partial charge in [-0.3, -0.25) is 0 Å². The van der Waals surface area contributed by atoms with E-state index in [1.165, 1.54) is 69.9 Å². The van der Waals surface area contributed by atoms with Crippen molar-refractivity contribution in [3.63, 3.8) is 0 Å². The molecule has 3 nitrogen and oxygen atoms in total. The van der Waals surface area contributed by atoms with Crippen LogP contribution in [0.2, 0.25) is 0 Å². The molecule has 0 bridgehead atoms. The lowest BCUT2D eigenvalue weighted by molar-refractivity contribution is -0.255. The molecule has 0 aliphatic carbocycles. The lowest BCUT2D eigenvalue weighted by Crippen LogP contribution is -2.21. The van der Waals surface area contributed by atoms with Crippen LogP contribution in [0.5, 0.6) is 5.75 Å². The van der Waals surface area contributed by atoms with Gasteiger partial charge in [0, 0.05) is 0 Å². The van der Waals surface area contributed by atoms with Gasteiger partial charge < -0.3 is 14.6 Å². The van der Waals surface area contributed by atoms with E-state index in [1.807, 2.05) is 0 Å². The molecule has 0 heterocycles. The minimum absolute atomic E-state index is 0.186. The normalized spacial score (nSPS) is 10.6. The number of rotatable bonds is 13. The van der Waals surface area contributed by atoms with Crippen molar-refractivity contribution in [2.75, 3.05) is 6.61 Å². The third-order valence-corrected chi connectivity index (χ3v) is 3.86. The molecule has 1 aromatic rings. The lowest BCUT2D eigenvalue weighted by atomic mass is 10.1. The fourth-order valence-corrected chi connectivity index (χ4v) is 2.47. The summed E-state index contributed by atoms with van der Waals surface area (Å²) in [5.74, 6) is -0.429. The number of ether oxygens (including phenoxy) is 1. The van der Waals surface area contributed by atoms with Crippen molar-refractivity contribution in [2.45, 2.75) is 71.1 Å². The first-order valence-corrected chi connectivity index (χ1v) is 8.68. The molecule has 0 N–H and O–H groups in total. The second-order valence-electron chi connectivity index (χ2n) is 5.84. The first kappa shape index (κ1) is 18.5. The smallest absolute Gasteiger partial charge is 0.119 e. The van der Waals surface area contributed by atoms with E-state index >= 15 is 0 Å². The van der Waals surface area contributed by atoms with E-state index in [4.69, 9.17) is 4.74 Å². The Morgan fingerprint density at radius 1 is 0.864 bits per heavy atom. The van der Waals surface area contributed by atoms with Crippen LogP contribution in [0.15, 0.2) is 24.3 Å². The standard InChI is InChI=1S/C19H30O3/c1-2-3-4-5-6-7-8-9-10-11-16-22-18-14-12-17(13-15-18)19(20)21/h12-15H,2-11,16H2,1H3,(H,20,21)/p-1. The number of carbonyl (C=O) groups is 1. The van der Waals surface area contributed by atoms with Crippen molar-refractivity contribution in [3.8, 4) is 5.75 Å². The van der Waals surface area contributed by atoms with Crippen LogP contribution in [-0.4, -0.2) is 12.6 Å². The molecule has 3 heteroatoms. The fraction of sp³-hybridized carbons (Fsp3) is 0.632. The zero-order valence-corrected chi connectivity index (χ0v) is 13.8. The third kappa shape index (κ3) is 8.71. The molecule has 0 saturated heterocycles. The Kier molecular flexibility index (Phi) is 10.2. The van der Waals surface area contributed by atoms with Gasteiger partial charge in [0.15, 0.2) is 0 Å². The quantitative estimate of drug-likeness (QED) is 0.509. The van der Waals surface area contributed by atoms with Gasteiger partial charge in [-0.2, -0.15) is 0 Å². The summed E-state index contributed by atoms with van der Waals surface area (Å²) in [5, 5.41) is 10.6. The summed E-state index contributed by atoms with van der Waals surface area (Å²) in [4.78, 5) is 10.6. The van der Waals surface area contributed by atoms with Gasteiger partial charge in [0.2, 0.25) is 0 Å². The Morgan fingerprint density at radius 2 is 1.36 bits per heavy atom. The van der Waals surface area contributed by atoms with Crippen LogP contribution in [0, 0.1) is 0 Å². The largest absolute Gasteiger partial charge is 0.545 e. The van der Waals surface area contributed by atoms with Gasteiger partial charge in [-0.15, -0.1) is 0 Å². The van der Waals surface area contributed by atoms with Crippen LogP contribution >= 0.6 is 0 Å². The summed E-state index contributed by atoms with van der Waals surface area (Å²) in [7, 11) is 0. The van der Waals surface area contributed by atoms with E-state index in [2.05, 4.69) is 6.92 Å². The highest BCUT2D eigenvalue weighted by molar-refractivity contribution is 5.85. The van der Waals surface area contributed by atoms with E-state index in [1.54, 1.807) is 12.1 Å². The highest BCUT2D eigenvalue weighted by Gasteiger charge is 1.97. The molecule has 1 aromatic carbocycles. The molecule has 0 aliphatic heterocycles. The van der Waals surface area contributed by atoms with Gasteiger partial charge in [0.25, 0.3) is 0 Å². The SMILES string of the molecule is CCCCCCCCCCCCOc1ccc(C(=O)[O-])cc1. The molecule has 0 fully saturated rings. The Bertz CT molecular complexity index is 398. The topological polar surface area (TPSA) is 49.4 Å². The maximum Gasteiger partial charge on any atom is 0.119 e. The highest BCUT2D eigenvalue weighted by atomic mass is 16.5. The lowest BCUT2D eigenvalue weighted by Gasteiger charge is -2.07. The Morgan fingerprint density at radius 3 is 1.86 bits per heavy atom. The summed E-state index contributed by atoms with van der Waals surface area (Å²) in [6.07, 6.45) is 13.1. The predicted octanol–water partition coefficient (Wildman–Crippen LogP) is 4.35. The van der Waals surface area contributed by atoms with E-state index in [-0.39, 0.29) is 5.56 Å². The van der Waals surface area contributed by atoms with Crippen molar-refractivity contribution in [1.29, 1.82) is 0 Å². The molecular formula is C19H29O3-. The molecule has 0 radical (unpaired) electrons. The first-order valence-electron chi connectivity index (χ1n) is 8.68. The summed E-state index contributed by atoms with van der Waals surface area (Å²) in [6.45, 7) is 2.95. The molecule has 0 aliphatic rings. The second kappa shape index (κ2) is 12.1. The number of benzene rings is 1. The molecule has 124 valence electrons. The Balaban J connectivity index is 1.94. The van der Waals surface area contributed by atoms with Crippen LogP contribution in [0.4, 0.5) is 0 Å². The summed E-state index contributed by atoms with van der Waals surface area (Å²) in [6, 6.07) is 6.40. The van der Waals surface area contributed by atoms with E-state index in [9.17, 15) is 9.90 Å². The van der Waals surface area contributed by atoms with E-state index < -0.39 is 5.97 Å². The summed E-state index contributed by atoms with van der Waals surface area (Å²) >= 11 is 0. The van der Waals surface area contributed by atoms with Crippen LogP contribution in [0.1, 0.15) is 81.5 Å². The van der Waals surface area contributed by atoms with Crippen LogP contribution < -0.4 is 9.84 Å². The number of hydrogen-bond donors (Lipinski definition) is 0. The zero-order valence-electron chi connectivity index (χ0n) is 13.8. The van der Waals surface area contributed by atoms with E-state index in [0.717, 1.165) is 12.2 Å². The minimum atomic E-state index is -1.15.